The lowest BCUT2D eigenvalue weighted by Crippen LogP contribution is -1.92. The molecule has 0 aliphatic carbocycles. The van der Waals surface area contributed by atoms with Crippen molar-refractivity contribution in [1.82, 2.24) is 0 Å². The van der Waals surface area contributed by atoms with Crippen molar-refractivity contribution in [2.75, 3.05) is 0 Å². The van der Waals surface area contributed by atoms with E-state index in [0.717, 1.165) is 6.07 Å². The second-order valence-corrected chi connectivity index (χ2v) is 3.55. The molecule has 0 heterocycles. The minimum absolute atomic E-state index is 0.304. The van der Waals surface area contributed by atoms with Gasteiger partial charge in [0.05, 0.1) is 4.92 Å². The third-order valence-electron chi connectivity index (χ3n) is 1.37. The number of nitro groups is 1. The molecule has 0 saturated carbocycles. The fourth-order valence-electron chi connectivity index (χ4n) is 0.828. The molecule has 0 N–H and O–H groups in total. The van der Waals surface area contributed by atoms with Gasteiger partial charge in [0.25, 0.3) is 12.1 Å². The molecule has 0 amide bonds. The number of nitro benzene ring substituents is 1. The van der Waals surface area contributed by atoms with Gasteiger partial charge in [-0.3, -0.25) is 10.1 Å². The van der Waals surface area contributed by atoms with E-state index in [4.69, 9.17) is 0 Å². The van der Waals surface area contributed by atoms with Crippen molar-refractivity contribution in [3.63, 3.8) is 0 Å². The Labute approximate surface area is 86.0 Å². The summed E-state index contributed by atoms with van der Waals surface area (Å²) in [5.41, 5.74) is -0.624. The Hall–Kier alpha value is -0.790. The Balaban J connectivity index is 3.19. The molecule has 1 aromatic rings. The van der Waals surface area contributed by atoms with Crippen LogP contribution < -0.4 is 0 Å². The Kier molecular flexibility index (Phi) is 3.12. The molecule has 70 valence electrons. The van der Waals surface area contributed by atoms with Gasteiger partial charge in [0.1, 0.15) is 0 Å². The highest BCUT2D eigenvalue weighted by molar-refractivity contribution is 14.1. The molecule has 1 aromatic carbocycles. The van der Waals surface area contributed by atoms with Gasteiger partial charge in [-0.15, -0.1) is 0 Å². The highest BCUT2D eigenvalue weighted by Gasteiger charge is 2.14. The maximum atomic E-state index is 12.2. The molecule has 0 unspecified atom stereocenters. The molecule has 13 heavy (non-hydrogen) atoms. The number of non-ortho nitro benzene ring substituents is 1. The second kappa shape index (κ2) is 3.95. The summed E-state index contributed by atoms with van der Waals surface area (Å²) in [7, 11) is 0. The summed E-state index contributed by atoms with van der Waals surface area (Å²) in [6.45, 7) is 0. The smallest absolute Gasteiger partial charge is 0.258 e. The van der Waals surface area contributed by atoms with Crippen LogP contribution in [0.15, 0.2) is 18.2 Å². The number of halogens is 3. The average molecular weight is 299 g/mol. The number of rotatable bonds is 2. The Bertz CT molecular complexity index is 343. The Morgan fingerprint density at radius 3 is 2.46 bits per heavy atom. The van der Waals surface area contributed by atoms with Gasteiger partial charge in [0, 0.05) is 21.3 Å². The van der Waals surface area contributed by atoms with Crippen LogP contribution in [0.2, 0.25) is 0 Å². The second-order valence-electron chi connectivity index (χ2n) is 2.30. The van der Waals surface area contributed by atoms with Gasteiger partial charge >= 0.3 is 0 Å². The quantitative estimate of drug-likeness (QED) is 0.478. The summed E-state index contributed by atoms with van der Waals surface area (Å²) >= 11 is 1.76. The van der Waals surface area contributed by atoms with E-state index in [2.05, 4.69) is 0 Å². The summed E-state index contributed by atoms with van der Waals surface area (Å²) < 4.78 is 24.8. The predicted molar refractivity (Wildman–Crippen MR) is 50.8 cm³/mol. The average Bonchev–Trinajstić information content (AvgIpc) is 2.03. The first kappa shape index (κ1) is 10.3. The molecule has 0 fully saturated rings. The first-order valence-corrected chi connectivity index (χ1v) is 4.31. The first-order chi connectivity index (χ1) is 6.00. The van der Waals surface area contributed by atoms with Crippen LogP contribution in [-0.2, 0) is 0 Å². The van der Waals surface area contributed by atoms with E-state index < -0.39 is 11.3 Å². The van der Waals surface area contributed by atoms with E-state index in [0.29, 0.717) is 3.57 Å². The number of nitrogens with zero attached hydrogens (tertiary/aromatic N) is 1. The van der Waals surface area contributed by atoms with Crippen molar-refractivity contribution in [2.24, 2.45) is 0 Å². The fourth-order valence-corrected chi connectivity index (χ4v) is 1.51. The lowest BCUT2D eigenvalue weighted by Gasteiger charge is -1.99. The number of hydrogen-bond acceptors (Lipinski definition) is 2. The van der Waals surface area contributed by atoms with E-state index in [1.807, 2.05) is 0 Å². The van der Waals surface area contributed by atoms with Crippen molar-refractivity contribution in [2.45, 2.75) is 6.43 Å². The zero-order valence-electron chi connectivity index (χ0n) is 6.21. The summed E-state index contributed by atoms with van der Waals surface area (Å²) in [5.74, 6) is 0. The molecule has 0 bridgehead atoms. The van der Waals surface area contributed by atoms with Crippen LogP contribution in [0.5, 0.6) is 0 Å². The molecular weight excluding hydrogens is 295 g/mol. The number of benzene rings is 1. The lowest BCUT2D eigenvalue weighted by molar-refractivity contribution is -0.385. The summed E-state index contributed by atoms with van der Waals surface area (Å²) in [4.78, 5) is 9.60. The number of hydrogen-bond donors (Lipinski definition) is 0. The van der Waals surface area contributed by atoms with Gasteiger partial charge in [-0.05, 0) is 28.7 Å². The number of alkyl halides is 2. The maximum Gasteiger partial charge on any atom is 0.270 e. The minimum Gasteiger partial charge on any atom is -0.258 e. The van der Waals surface area contributed by atoms with E-state index in [1.165, 1.54) is 12.1 Å². The SMILES string of the molecule is O=[N+]([O-])c1cc(I)cc(C(F)F)c1. The first-order valence-electron chi connectivity index (χ1n) is 3.23. The predicted octanol–water partition coefficient (Wildman–Crippen LogP) is 3.14. The van der Waals surface area contributed by atoms with Crippen molar-refractivity contribution in [1.29, 1.82) is 0 Å². The molecule has 0 aliphatic rings. The maximum absolute atomic E-state index is 12.2. The molecule has 0 radical (unpaired) electrons. The molecule has 1 rings (SSSR count). The van der Waals surface area contributed by atoms with Crippen LogP contribution in [-0.4, -0.2) is 4.92 Å². The fraction of sp³-hybridized carbons (Fsp3) is 0.143. The van der Waals surface area contributed by atoms with Crippen LogP contribution in [0.25, 0.3) is 0 Å². The van der Waals surface area contributed by atoms with Crippen LogP contribution in [0.4, 0.5) is 14.5 Å². The highest BCUT2D eigenvalue weighted by atomic mass is 127. The van der Waals surface area contributed by atoms with E-state index in [-0.39, 0.29) is 11.3 Å². The van der Waals surface area contributed by atoms with Crippen LogP contribution in [0, 0.1) is 13.7 Å². The minimum atomic E-state index is -2.67. The molecule has 6 heteroatoms. The molecule has 0 spiro atoms. The molecule has 0 atom stereocenters. The normalized spacial score (nSPS) is 10.5. The monoisotopic (exact) mass is 299 g/mol. The zero-order valence-corrected chi connectivity index (χ0v) is 8.36. The zero-order chi connectivity index (χ0) is 10.0. The lowest BCUT2D eigenvalue weighted by atomic mass is 10.2. The third-order valence-corrected chi connectivity index (χ3v) is 1.99. The molecule has 0 aromatic heterocycles. The molecular formula is C7H4F2INO2. The standard InChI is InChI=1S/C7H4F2INO2/c8-7(9)4-1-5(10)3-6(2-4)11(12)13/h1-3,7H. The van der Waals surface area contributed by atoms with Crippen LogP contribution >= 0.6 is 22.6 Å². The van der Waals surface area contributed by atoms with E-state index >= 15 is 0 Å². The van der Waals surface area contributed by atoms with Crippen molar-refractivity contribution in [3.05, 3.63) is 37.4 Å². The van der Waals surface area contributed by atoms with E-state index in [9.17, 15) is 18.9 Å². The topological polar surface area (TPSA) is 43.1 Å². The van der Waals surface area contributed by atoms with Crippen molar-refractivity contribution < 1.29 is 13.7 Å². The summed E-state index contributed by atoms with van der Waals surface area (Å²) in [6, 6.07) is 3.34. The third kappa shape index (κ3) is 2.58. The largest absolute Gasteiger partial charge is 0.270 e. The van der Waals surface area contributed by atoms with Gasteiger partial charge in [-0.25, -0.2) is 8.78 Å². The Morgan fingerprint density at radius 2 is 2.00 bits per heavy atom. The van der Waals surface area contributed by atoms with Gasteiger partial charge < -0.3 is 0 Å². The van der Waals surface area contributed by atoms with Gasteiger partial charge in [0.2, 0.25) is 0 Å². The van der Waals surface area contributed by atoms with Crippen LogP contribution in [0.1, 0.15) is 12.0 Å². The van der Waals surface area contributed by atoms with Crippen molar-refractivity contribution >= 4 is 28.3 Å². The summed E-state index contributed by atoms with van der Waals surface area (Å²) in [6.07, 6.45) is -2.67. The summed E-state index contributed by atoms with van der Waals surface area (Å²) in [5, 5.41) is 10.3. The van der Waals surface area contributed by atoms with E-state index in [1.54, 1.807) is 22.6 Å². The molecule has 0 saturated heterocycles. The highest BCUT2D eigenvalue weighted by Crippen LogP contribution is 2.25. The molecule has 3 nitrogen and oxygen atoms in total. The van der Waals surface area contributed by atoms with Crippen LogP contribution in [0.3, 0.4) is 0 Å². The van der Waals surface area contributed by atoms with Gasteiger partial charge in [-0.1, -0.05) is 0 Å². The van der Waals surface area contributed by atoms with Gasteiger partial charge in [0.15, 0.2) is 0 Å². The van der Waals surface area contributed by atoms with Gasteiger partial charge in [-0.2, -0.15) is 0 Å². The Morgan fingerprint density at radius 1 is 1.38 bits per heavy atom. The van der Waals surface area contributed by atoms with Crippen molar-refractivity contribution in [3.8, 4) is 0 Å². The molecule has 0 aliphatic heterocycles.